The molecule has 1 heterocycles. The van der Waals surface area contributed by atoms with Gasteiger partial charge in [0.1, 0.15) is 19.9 Å². The summed E-state index contributed by atoms with van der Waals surface area (Å²) in [5, 5.41) is 18.0. The highest BCUT2D eigenvalue weighted by atomic mass is 16.6. The number of rotatable bonds is 7. The minimum atomic E-state index is -1.53. The quantitative estimate of drug-likeness (QED) is 0.335. The Labute approximate surface area is 132 Å². The molecule has 1 aliphatic rings. The topological polar surface area (TPSA) is 106 Å². The van der Waals surface area contributed by atoms with E-state index in [1.54, 1.807) is 25.1 Å². The molecule has 0 unspecified atom stereocenters. The van der Waals surface area contributed by atoms with Crippen LogP contribution in [0.1, 0.15) is 6.92 Å². The van der Waals surface area contributed by atoms with Gasteiger partial charge in [-0.25, -0.2) is 9.59 Å². The fourth-order valence-corrected chi connectivity index (χ4v) is 1.94. The Hall–Kier alpha value is -2.74. The van der Waals surface area contributed by atoms with Crippen molar-refractivity contribution in [3.8, 4) is 11.5 Å². The number of carbonyl (C=O) groups is 2. The summed E-state index contributed by atoms with van der Waals surface area (Å²) in [7, 11) is 0. The lowest BCUT2D eigenvalue weighted by Crippen LogP contribution is -2.24. The number of carboxylic acid groups (broad SMARTS) is 2. The lowest BCUT2D eigenvalue weighted by atomic mass is 10.2. The summed E-state index contributed by atoms with van der Waals surface area (Å²) in [5.41, 5.74) is -0.234. The molecule has 0 atom stereocenters. The molecule has 2 rings (SSSR count). The highest BCUT2D eigenvalue weighted by Gasteiger charge is 2.20. The van der Waals surface area contributed by atoms with Crippen LogP contribution >= 0.6 is 0 Å². The van der Waals surface area contributed by atoms with Gasteiger partial charge < -0.3 is 29.3 Å². The highest BCUT2D eigenvalue weighted by Crippen LogP contribution is 2.34. The third kappa shape index (κ3) is 4.13. The van der Waals surface area contributed by atoms with Crippen LogP contribution in [0.3, 0.4) is 0 Å². The average molecular weight is 323 g/mol. The van der Waals surface area contributed by atoms with Crippen molar-refractivity contribution in [1.82, 2.24) is 0 Å². The maximum Gasteiger partial charge on any atom is 0.344 e. The minimum Gasteiger partial charge on any atom is -0.486 e. The smallest absolute Gasteiger partial charge is 0.344 e. The number of hydrogen-bond donors (Lipinski definition) is 2. The molecule has 0 radical (unpaired) electrons. The summed E-state index contributed by atoms with van der Waals surface area (Å²) in [6.45, 7) is 3.04. The molecule has 1 aromatic carbocycles. The first-order valence-corrected chi connectivity index (χ1v) is 6.95. The molecule has 1 aliphatic heterocycles. The van der Waals surface area contributed by atoms with E-state index in [1.165, 1.54) is 4.90 Å². The molecular weight excluding hydrogens is 306 g/mol. The Balaban J connectivity index is 2.36. The largest absolute Gasteiger partial charge is 0.486 e. The monoisotopic (exact) mass is 323 g/mol. The first-order valence-electron chi connectivity index (χ1n) is 6.95. The number of nitrogens with zero attached hydrogens (tertiary/aromatic N) is 1. The molecule has 8 heteroatoms. The van der Waals surface area contributed by atoms with Crippen molar-refractivity contribution in [3.05, 3.63) is 30.0 Å². The maximum atomic E-state index is 11.1. The van der Waals surface area contributed by atoms with Crippen LogP contribution in [-0.4, -0.2) is 48.7 Å². The van der Waals surface area contributed by atoms with Crippen LogP contribution in [0.25, 0.3) is 0 Å². The number of aliphatic carboxylic acids is 2. The molecular formula is C15H17NO7. The lowest BCUT2D eigenvalue weighted by molar-refractivity contribution is -0.140. The fourth-order valence-electron chi connectivity index (χ4n) is 1.94. The van der Waals surface area contributed by atoms with Crippen LogP contribution in [0.4, 0.5) is 5.69 Å². The Bertz CT molecular complexity index is 610. The summed E-state index contributed by atoms with van der Waals surface area (Å²) in [6.07, 6.45) is 1.02. The van der Waals surface area contributed by atoms with Crippen LogP contribution in [-0.2, 0) is 14.3 Å². The number of hydrogen-bond acceptors (Lipinski definition) is 6. The van der Waals surface area contributed by atoms with E-state index in [9.17, 15) is 9.59 Å². The first-order chi connectivity index (χ1) is 11.0. The summed E-state index contributed by atoms with van der Waals surface area (Å²) in [5.74, 6) is -1.97. The van der Waals surface area contributed by atoms with Gasteiger partial charge in [0.15, 0.2) is 17.1 Å². The van der Waals surface area contributed by atoms with Crippen molar-refractivity contribution in [2.75, 3.05) is 31.5 Å². The zero-order valence-electron chi connectivity index (χ0n) is 12.5. The van der Waals surface area contributed by atoms with Gasteiger partial charge in [0.2, 0.25) is 0 Å². The zero-order chi connectivity index (χ0) is 16.8. The number of benzene rings is 1. The van der Waals surface area contributed by atoms with Gasteiger partial charge in [0.05, 0.1) is 0 Å². The fraction of sp³-hybridized carbons (Fsp3) is 0.333. The maximum absolute atomic E-state index is 11.1. The predicted octanol–water partition coefficient (Wildman–Crippen LogP) is 1.31. The second-order valence-electron chi connectivity index (χ2n) is 4.57. The molecule has 0 spiro atoms. The van der Waals surface area contributed by atoms with Gasteiger partial charge in [0, 0.05) is 24.6 Å². The molecule has 0 saturated carbocycles. The van der Waals surface area contributed by atoms with Crippen molar-refractivity contribution in [2.24, 2.45) is 0 Å². The van der Waals surface area contributed by atoms with E-state index in [0.717, 1.165) is 6.20 Å². The van der Waals surface area contributed by atoms with E-state index in [-0.39, 0.29) is 6.73 Å². The van der Waals surface area contributed by atoms with E-state index in [1.807, 2.05) is 0 Å². The molecule has 8 nitrogen and oxygen atoms in total. The van der Waals surface area contributed by atoms with Gasteiger partial charge >= 0.3 is 11.9 Å². The van der Waals surface area contributed by atoms with E-state index in [0.29, 0.717) is 37.0 Å². The summed E-state index contributed by atoms with van der Waals surface area (Å²) in [6, 6.07) is 4.99. The first kappa shape index (κ1) is 16.6. The zero-order valence-corrected chi connectivity index (χ0v) is 12.5. The van der Waals surface area contributed by atoms with Gasteiger partial charge in [-0.3, -0.25) is 0 Å². The number of ether oxygens (including phenoxy) is 3. The average Bonchev–Trinajstić information content (AvgIpc) is 2.54. The number of anilines is 1. The van der Waals surface area contributed by atoms with Gasteiger partial charge in [-0.2, -0.15) is 0 Å². The van der Waals surface area contributed by atoms with Crippen LogP contribution in [0.15, 0.2) is 30.0 Å². The van der Waals surface area contributed by atoms with Gasteiger partial charge in [0.25, 0.3) is 0 Å². The van der Waals surface area contributed by atoms with Gasteiger partial charge in [-0.15, -0.1) is 0 Å². The van der Waals surface area contributed by atoms with Crippen molar-refractivity contribution < 1.29 is 34.0 Å². The molecule has 0 aromatic heterocycles. The van der Waals surface area contributed by atoms with Crippen molar-refractivity contribution in [2.45, 2.75) is 6.92 Å². The van der Waals surface area contributed by atoms with E-state index >= 15 is 0 Å². The standard InChI is InChI=1S/C15H17NO7/c1-2-21-9-16(8-11(14(17)18)15(19)20)10-3-4-12-13(7-10)23-6-5-22-12/h3-4,7-8H,2,5-6,9H2,1H3,(H,17,18)(H,19,20). The van der Waals surface area contributed by atoms with Crippen LogP contribution in [0, 0.1) is 0 Å². The third-order valence-electron chi connectivity index (χ3n) is 3.04. The number of carboxylic acids is 2. The van der Waals surface area contributed by atoms with Crippen molar-refractivity contribution in [3.63, 3.8) is 0 Å². The van der Waals surface area contributed by atoms with E-state index in [4.69, 9.17) is 24.4 Å². The lowest BCUT2D eigenvalue weighted by Gasteiger charge is -2.24. The summed E-state index contributed by atoms with van der Waals surface area (Å²) < 4.78 is 16.2. The molecule has 0 bridgehead atoms. The Morgan fingerprint density at radius 2 is 1.87 bits per heavy atom. The Kier molecular flexibility index (Phi) is 5.42. The molecule has 2 N–H and O–H groups in total. The normalized spacial score (nSPS) is 12.4. The van der Waals surface area contributed by atoms with E-state index in [2.05, 4.69) is 0 Å². The predicted molar refractivity (Wildman–Crippen MR) is 79.8 cm³/mol. The molecule has 23 heavy (non-hydrogen) atoms. The molecule has 124 valence electrons. The minimum absolute atomic E-state index is 0.000202. The van der Waals surface area contributed by atoms with Crippen molar-refractivity contribution >= 4 is 17.6 Å². The molecule has 0 amide bonds. The highest BCUT2D eigenvalue weighted by molar-refractivity contribution is 6.12. The van der Waals surface area contributed by atoms with Gasteiger partial charge in [-0.05, 0) is 19.1 Å². The van der Waals surface area contributed by atoms with Crippen LogP contribution in [0.2, 0.25) is 0 Å². The SMILES string of the molecule is CCOCN(C=C(C(=O)O)C(=O)O)c1ccc2c(c1)OCCO2. The molecule has 0 saturated heterocycles. The summed E-state index contributed by atoms with van der Waals surface area (Å²) in [4.78, 5) is 23.5. The molecule has 1 aromatic rings. The second kappa shape index (κ2) is 7.50. The van der Waals surface area contributed by atoms with Gasteiger partial charge in [-0.1, -0.05) is 0 Å². The van der Waals surface area contributed by atoms with Crippen LogP contribution in [0.5, 0.6) is 11.5 Å². The van der Waals surface area contributed by atoms with Crippen LogP contribution < -0.4 is 14.4 Å². The molecule has 0 fully saturated rings. The van der Waals surface area contributed by atoms with E-state index < -0.39 is 17.5 Å². The Morgan fingerprint density at radius 3 is 2.48 bits per heavy atom. The van der Waals surface area contributed by atoms with Crippen molar-refractivity contribution in [1.29, 1.82) is 0 Å². The second-order valence-corrected chi connectivity index (χ2v) is 4.57. The Morgan fingerprint density at radius 1 is 1.22 bits per heavy atom. The summed E-state index contributed by atoms with van der Waals surface area (Å²) >= 11 is 0. The third-order valence-corrected chi connectivity index (χ3v) is 3.04. The number of fused-ring (bicyclic) bond motifs is 1. The molecule has 0 aliphatic carbocycles.